The highest BCUT2D eigenvalue weighted by Crippen LogP contribution is 2.35. The summed E-state index contributed by atoms with van der Waals surface area (Å²) in [4.78, 5) is 11.7. The summed E-state index contributed by atoms with van der Waals surface area (Å²) < 4.78 is 0. The van der Waals surface area contributed by atoms with E-state index >= 15 is 0 Å². The van der Waals surface area contributed by atoms with Crippen molar-refractivity contribution in [1.29, 1.82) is 0 Å². The fourth-order valence-electron chi connectivity index (χ4n) is 1.64. The van der Waals surface area contributed by atoms with E-state index in [1.807, 2.05) is 0 Å². The van der Waals surface area contributed by atoms with Gasteiger partial charge in [0.25, 0.3) is 5.91 Å². The van der Waals surface area contributed by atoms with E-state index in [9.17, 15) is 15.0 Å². The first-order valence-corrected chi connectivity index (χ1v) is 5.95. The number of carbonyl (C=O) groups excluding carboxylic acids is 1. The third kappa shape index (κ3) is 3.27. The molecule has 1 aromatic carbocycles. The summed E-state index contributed by atoms with van der Waals surface area (Å²) in [5, 5.41) is 21.1. The number of benzene rings is 1. The maximum absolute atomic E-state index is 11.7. The van der Waals surface area contributed by atoms with Crippen molar-refractivity contribution in [3.05, 3.63) is 23.8 Å². The van der Waals surface area contributed by atoms with E-state index in [0.29, 0.717) is 12.5 Å². The van der Waals surface area contributed by atoms with Crippen LogP contribution in [-0.4, -0.2) is 28.0 Å². The number of nitrogens with one attached hydrogen (secondary N) is 1. The number of aromatic hydroxyl groups is 2. The van der Waals surface area contributed by atoms with E-state index in [0.717, 1.165) is 12.8 Å². The monoisotopic (exact) mass is 255 g/mol. The van der Waals surface area contributed by atoms with Crippen molar-refractivity contribution >= 4 is 17.5 Å². The number of hydrogen-bond acceptors (Lipinski definition) is 3. The van der Waals surface area contributed by atoms with Crippen molar-refractivity contribution < 1.29 is 15.0 Å². The highest BCUT2D eigenvalue weighted by atomic mass is 35.5. The van der Waals surface area contributed by atoms with Crippen LogP contribution in [-0.2, 0) is 0 Å². The summed E-state index contributed by atoms with van der Waals surface area (Å²) in [6.45, 7) is 0.404. The molecule has 3 N–H and O–H groups in total. The highest BCUT2D eigenvalue weighted by molar-refractivity contribution is 6.21. The van der Waals surface area contributed by atoms with Gasteiger partial charge in [-0.1, -0.05) is 0 Å². The van der Waals surface area contributed by atoms with Crippen molar-refractivity contribution in [3.63, 3.8) is 0 Å². The standard InChI is InChI=1S/C12H14ClNO3/c13-11(7-1-2-7)6-14-12(17)8-3-9(15)5-10(16)4-8/h3-5,7,11,15-16H,1-2,6H2,(H,14,17). The molecule has 1 aliphatic carbocycles. The van der Waals surface area contributed by atoms with Gasteiger partial charge in [0.05, 0.1) is 5.38 Å². The first-order valence-electron chi connectivity index (χ1n) is 5.51. The topological polar surface area (TPSA) is 69.6 Å². The molecule has 92 valence electrons. The van der Waals surface area contributed by atoms with Gasteiger partial charge < -0.3 is 15.5 Å². The van der Waals surface area contributed by atoms with Crippen molar-refractivity contribution in [3.8, 4) is 11.5 Å². The molecular formula is C12H14ClNO3. The molecule has 0 aromatic heterocycles. The van der Waals surface area contributed by atoms with Gasteiger partial charge in [-0.05, 0) is 30.9 Å². The lowest BCUT2D eigenvalue weighted by molar-refractivity contribution is 0.0952. The Labute approximate surface area is 104 Å². The first-order chi connectivity index (χ1) is 8.06. The SMILES string of the molecule is O=C(NCC(Cl)C1CC1)c1cc(O)cc(O)c1. The van der Waals surface area contributed by atoms with Crippen molar-refractivity contribution in [2.75, 3.05) is 6.54 Å². The van der Waals surface area contributed by atoms with Gasteiger partial charge in [-0.15, -0.1) is 11.6 Å². The van der Waals surface area contributed by atoms with Crippen LogP contribution >= 0.6 is 11.6 Å². The molecule has 1 saturated carbocycles. The molecule has 0 spiro atoms. The molecule has 2 rings (SSSR count). The fourth-order valence-corrected chi connectivity index (χ4v) is 1.97. The summed E-state index contributed by atoms with van der Waals surface area (Å²) in [5.41, 5.74) is 0.224. The molecule has 4 nitrogen and oxygen atoms in total. The Morgan fingerprint density at radius 3 is 2.47 bits per heavy atom. The molecule has 0 radical (unpaired) electrons. The highest BCUT2D eigenvalue weighted by Gasteiger charge is 2.29. The average Bonchev–Trinajstić information content (AvgIpc) is 3.07. The zero-order valence-corrected chi connectivity index (χ0v) is 9.94. The van der Waals surface area contributed by atoms with E-state index in [2.05, 4.69) is 5.32 Å². The van der Waals surface area contributed by atoms with Crippen LogP contribution in [0.15, 0.2) is 18.2 Å². The van der Waals surface area contributed by atoms with Crippen LogP contribution in [0.3, 0.4) is 0 Å². The Morgan fingerprint density at radius 1 is 1.35 bits per heavy atom. The van der Waals surface area contributed by atoms with Gasteiger partial charge in [-0.2, -0.15) is 0 Å². The number of amides is 1. The molecule has 0 saturated heterocycles. The maximum Gasteiger partial charge on any atom is 0.251 e. The molecule has 0 heterocycles. The summed E-state index contributed by atoms with van der Waals surface area (Å²) >= 11 is 6.06. The van der Waals surface area contributed by atoms with Gasteiger partial charge in [-0.25, -0.2) is 0 Å². The second-order valence-corrected chi connectivity index (χ2v) is 4.86. The minimum atomic E-state index is -0.345. The molecule has 1 unspecified atom stereocenters. The molecule has 0 bridgehead atoms. The van der Waals surface area contributed by atoms with E-state index in [-0.39, 0.29) is 28.3 Å². The Balaban J connectivity index is 1.94. The van der Waals surface area contributed by atoms with Gasteiger partial charge >= 0.3 is 0 Å². The van der Waals surface area contributed by atoms with Crippen molar-refractivity contribution in [2.45, 2.75) is 18.2 Å². The van der Waals surface area contributed by atoms with E-state index in [4.69, 9.17) is 11.6 Å². The number of alkyl halides is 1. The number of carbonyl (C=O) groups is 1. The summed E-state index contributed by atoms with van der Waals surface area (Å²) in [6, 6.07) is 3.77. The molecule has 1 aliphatic rings. The Hall–Kier alpha value is -1.42. The quantitative estimate of drug-likeness (QED) is 0.719. The van der Waals surface area contributed by atoms with Crippen LogP contribution in [0.5, 0.6) is 11.5 Å². The van der Waals surface area contributed by atoms with Crippen LogP contribution in [0.25, 0.3) is 0 Å². The Morgan fingerprint density at radius 2 is 1.94 bits per heavy atom. The summed E-state index contributed by atoms with van der Waals surface area (Å²) in [6.07, 6.45) is 2.24. The predicted octanol–water partition coefficient (Wildman–Crippen LogP) is 1.85. The van der Waals surface area contributed by atoms with Crippen LogP contribution in [0.1, 0.15) is 23.2 Å². The molecule has 0 aliphatic heterocycles. The minimum Gasteiger partial charge on any atom is -0.508 e. The Kier molecular flexibility index (Phi) is 3.43. The van der Waals surface area contributed by atoms with Gasteiger partial charge in [0.1, 0.15) is 11.5 Å². The summed E-state index contributed by atoms with van der Waals surface area (Å²) in [5.74, 6) is -0.114. The summed E-state index contributed by atoms with van der Waals surface area (Å²) in [7, 11) is 0. The van der Waals surface area contributed by atoms with Gasteiger partial charge in [0, 0.05) is 18.2 Å². The predicted molar refractivity (Wildman–Crippen MR) is 64.5 cm³/mol. The second-order valence-electron chi connectivity index (χ2n) is 4.30. The molecular weight excluding hydrogens is 242 g/mol. The third-order valence-electron chi connectivity index (χ3n) is 2.76. The normalized spacial score (nSPS) is 16.5. The number of rotatable bonds is 4. The van der Waals surface area contributed by atoms with E-state index < -0.39 is 0 Å². The minimum absolute atomic E-state index is 0.0372. The first kappa shape index (κ1) is 12.0. The average molecular weight is 256 g/mol. The molecule has 1 fully saturated rings. The van der Waals surface area contributed by atoms with E-state index in [1.165, 1.54) is 18.2 Å². The van der Waals surface area contributed by atoms with Gasteiger partial charge in [-0.3, -0.25) is 4.79 Å². The maximum atomic E-state index is 11.7. The fraction of sp³-hybridized carbons (Fsp3) is 0.417. The molecule has 17 heavy (non-hydrogen) atoms. The van der Waals surface area contributed by atoms with Crippen molar-refractivity contribution in [1.82, 2.24) is 5.32 Å². The van der Waals surface area contributed by atoms with Gasteiger partial charge in [0.15, 0.2) is 0 Å². The zero-order chi connectivity index (χ0) is 12.4. The zero-order valence-electron chi connectivity index (χ0n) is 9.19. The lowest BCUT2D eigenvalue weighted by Gasteiger charge is -2.10. The van der Waals surface area contributed by atoms with Crippen LogP contribution in [0.2, 0.25) is 0 Å². The lowest BCUT2D eigenvalue weighted by Crippen LogP contribution is -2.30. The number of phenols is 2. The largest absolute Gasteiger partial charge is 0.508 e. The van der Waals surface area contributed by atoms with Crippen molar-refractivity contribution in [2.24, 2.45) is 5.92 Å². The lowest BCUT2D eigenvalue weighted by atomic mass is 10.2. The third-order valence-corrected chi connectivity index (χ3v) is 3.27. The van der Waals surface area contributed by atoms with Gasteiger partial charge in [0.2, 0.25) is 0 Å². The molecule has 1 aromatic rings. The van der Waals surface area contributed by atoms with E-state index in [1.54, 1.807) is 0 Å². The number of halogens is 1. The number of phenolic OH excluding ortho intramolecular Hbond substituents is 2. The van der Waals surface area contributed by atoms with Crippen LogP contribution < -0.4 is 5.32 Å². The van der Waals surface area contributed by atoms with Crippen LogP contribution in [0.4, 0.5) is 0 Å². The van der Waals surface area contributed by atoms with Crippen LogP contribution in [0, 0.1) is 5.92 Å². The number of hydrogen-bond donors (Lipinski definition) is 3. The second kappa shape index (κ2) is 4.84. The molecule has 1 atom stereocenters. The Bertz CT molecular complexity index is 412. The smallest absolute Gasteiger partial charge is 0.251 e. The molecule has 1 amide bonds. The molecule has 5 heteroatoms.